The minimum absolute atomic E-state index is 0.183. The van der Waals surface area contributed by atoms with E-state index in [-0.39, 0.29) is 12.1 Å². The summed E-state index contributed by atoms with van der Waals surface area (Å²) in [5.74, 6) is -2.05. The van der Waals surface area contributed by atoms with Crippen LogP contribution in [0.4, 0.5) is 10.5 Å². The summed E-state index contributed by atoms with van der Waals surface area (Å²) in [4.78, 5) is 37.7. The molecular weight excluding hydrogens is 350 g/mol. The van der Waals surface area contributed by atoms with Crippen LogP contribution < -0.4 is 10.3 Å². The zero-order chi connectivity index (χ0) is 19.8. The van der Waals surface area contributed by atoms with Crippen molar-refractivity contribution < 1.29 is 24.2 Å². The molecule has 1 aromatic rings. The standard InChI is InChI=1S/C19H25N3O5/c1-18(2,3)27-17(26)20-19(16(24)25)12-22(21-10-6-7-11-21)14-9-5-4-8-13(14)15(19)23/h4-5,8-9H,6-7,10-12H2,1-3H3,(H,20,26)(H,24,25). The Balaban J connectivity index is 2.02. The van der Waals surface area contributed by atoms with Crippen molar-refractivity contribution in [2.24, 2.45) is 0 Å². The lowest BCUT2D eigenvalue weighted by Crippen LogP contribution is -2.70. The molecule has 8 nitrogen and oxygen atoms in total. The van der Waals surface area contributed by atoms with Crippen LogP contribution in [0.25, 0.3) is 0 Å². The number of carbonyl (C=O) groups is 3. The van der Waals surface area contributed by atoms with Crippen molar-refractivity contribution in [3.63, 3.8) is 0 Å². The molecule has 1 saturated heterocycles. The molecule has 2 aliphatic rings. The van der Waals surface area contributed by atoms with Crippen LogP contribution in [0.5, 0.6) is 0 Å². The Kier molecular flexibility index (Phi) is 4.86. The van der Waals surface area contributed by atoms with Gasteiger partial charge in [-0.05, 0) is 45.7 Å². The second kappa shape index (κ2) is 6.84. The van der Waals surface area contributed by atoms with Gasteiger partial charge in [0.1, 0.15) is 5.60 Å². The smallest absolute Gasteiger partial charge is 0.408 e. The third kappa shape index (κ3) is 3.62. The number of Topliss-reactive ketones (excluding diaryl/α,β-unsaturated/α-hetero) is 1. The number of nitrogens with zero attached hydrogens (tertiary/aromatic N) is 2. The number of hydrogen-bond acceptors (Lipinski definition) is 6. The van der Waals surface area contributed by atoms with Gasteiger partial charge in [-0.15, -0.1) is 0 Å². The first-order valence-electron chi connectivity index (χ1n) is 9.05. The van der Waals surface area contributed by atoms with E-state index >= 15 is 0 Å². The Morgan fingerprint density at radius 1 is 1.19 bits per heavy atom. The molecule has 2 heterocycles. The Labute approximate surface area is 158 Å². The number of carboxylic acids is 1. The van der Waals surface area contributed by atoms with Crippen molar-refractivity contribution in [1.82, 2.24) is 10.3 Å². The zero-order valence-corrected chi connectivity index (χ0v) is 15.8. The first kappa shape index (κ1) is 19.2. The number of hydrogen-bond donors (Lipinski definition) is 2. The van der Waals surface area contributed by atoms with E-state index in [1.807, 2.05) is 11.1 Å². The van der Waals surface area contributed by atoms with Crippen LogP contribution in [0.2, 0.25) is 0 Å². The summed E-state index contributed by atoms with van der Waals surface area (Å²) in [6, 6.07) is 6.88. The summed E-state index contributed by atoms with van der Waals surface area (Å²) in [6.07, 6.45) is 1.05. The Morgan fingerprint density at radius 2 is 1.81 bits per heavy atom. The molecule has 1 atom stereocenters. The molecule has 0 spiro atoms. The molecule has 1 fully saturated rings. The minimum atomic E-state index is -2.11. The van der Waals surface area contributed by atoms with Crippen molar-refractivity contribution in [3.05, 3.63) is 29.8 Å². The number of ketones is 1. The number of amides is 1. The number of hydrazine groups is 1. The molecule has 0 aliphatic carbocycles. The molecule has 3 rings (SSSR count). The number of carboxylic acid groups (broad SMARTS) is 1. The maximum absolute atomic E-state index is 13.1. The van der Waals surface area contributed by atoms with Gasteiger partial charge in [0.05, 0.1) is 12.2 Å². The third-order valence-electron chi connectivity index (χ3n) is 4.70. The molecule has 27 heavy (non-hydrogen) atoms. The van der Waals surface area contributed by atoms with Crippen LogP contribution in [0.1, 0.15) is 44.0 Å². The second-order valence-electron chi connectivity index (χ2n) is 7.90. The summed E-state index contributed by atoms with van der Waals surface area (Å²) in [5.41, 5.74) is -1.99. The maximum atomic E-state index is 13.1. The highest BCUT2D eigenvalue weighted by Crippen LogP contribution is 2.34. The Bertz CT molecular complexity index is 767. The highest BCUT2D eigenvalue weighted by Gasteiger charge is 2.54. The van der Waals surface area contributed by atoms with Crippen molar-refractivity contribution in [3.8, 4) is 0 Å². The first-order valence-corrected chi connectivity index (χ1v) is 9.05. The van der Waals surface area contributed by atoms with Gasteiger partial charge < -0.3 is 14.9 Å². The van der Waals surface area contributed by atoms with E-state index in [0.29, 0.717) is 5.69 Å². The number of fused-ring (bicyclic) bond motifs is 1. The number of ether oxygens (including phenoxy) is 1. The molecule has 0 bridgehead atoms. The van der Waals surface area contributed by atoms with E-state index in [2.05, 4.69) is 5.32 Å². The molecular formula is C19H25N3O5. The highest BCUT2D eigenvalue weighted by molar-refractivity contribution is 6.21. The lowest BCUT2D eigenvalue weighted by Gasteiger charge is -2.44. The average molecular weight is 375 g/mol. The normalized spacial score (nSPS) is 23.1. The molecule has 2 aliphatic heterocycles. The maximum Gasteiger partial charge on any atom is 0.408 e. The van der Waals surface area contributed by atoms with E-state index in [1.165, 1.54) is 0 Å². The number of para-hydroxylation sites is 1. The fraction of sp³-hybridized carbons (Fsp3) is 0.526. The SMILES string of the molecule is CC(C)(C)OC(=O)NC1(C(=O)O)CN(N2CCCC2)c2ccccc2C1=O. The molecule has 1 unspecified atom stereocenters. The van der Waals surface area contributed by atoms with Crippen LogP contribution in [-0.2, 0) is 9.53 Å². The van der Waals surface area contributed by atoms with E-state index in [4.69, 9.17) is 4.74 Å². The lowest BCUT2D eigenvalue weighted by atomic mass is 9.84. The monoisotopic (exact) mass is 375 g/mol. The summed E-state index contributed by atoms with van der Waals surface area (Å²) in [7, 11) is 0. The number of alkyl carbamates (subject to hydrolysis) is 1. The predicted molar refractivity (Wildman–Crippen MR) is 98.7 cm³/mol. The zero-order valence-electron chi connectivity index (χ0n) is 15.8. The third-order valence-corrected chi connectivity index (χ3v) is 4.70. The summed E-state index contributed by atoms with van der Waals surface area (Å²) >= 11 is 0. The minimum Gasteiger partial charge on any atom is -0.479 e. The molecule has 146 valence electrons. The fourth-order valence-electron chi connectivity index (χ4n) is 3.49. The van der Waals surface area contributed by atoms with E-state index in [0.717, 1.165) is 25.9 Å². The quantitative estimate of drug-likeness (QED) is 0.780. The van der Waals surface area contributed by atoms with E-state index in [9.17, 15) is 19.5 Å². The van der Waals surface area contributed by atoms with Crippen LogP contribution in [0.3, 0.4) is 0 Å². The van der Waals surface area contributed by atoms with Gasteiger partial charge in [0.25, 0.3) is 0 Å². The summed E-state index contributed by atoms with van der Waals surface area (Å²) < 4.78 is 5.21. The van der Waals surface area contributed by atoms with Gasteiger partial charge in [-0.2, -0.15) is 0 Å². The van der Waals surface area contributed by atoms with Gasteiger partial charge in [0, 0.05) is 18.7 Å². The molecule has 2 N–H and O–H groups in total. The molecule has 0 saturated carbocycles. The second-order valence-corrected chi connectivity index (χ2v) is 7.90. The molecule has 1 amide bonds. The summed E-state index contributed by atoms with van der Waals surface area (Å²) in [6.45, 7) is 6.38. The van der Waals surface area contributed by atoms with Crippen LogP contribution in [-0.4, -0.2) is 58.7 Å². The number of anilines is 1. The van der Waals surface area contributed by atoms with Gasteiger partial charge in [-0.25, -0.2) is 14.6 Å². The van der Waals surface area contributed by atoms with Crippen molar-refractivity contribution >= 4 is 23.5 Å². The van der Waals surface area contributed by atoms with Crippen LogP contribution in [0, 0.1) is 0 Å². The summed E-state index contributed by atoms with van der Waals surface area (Å²) in [5, 5.41) is 16.1. The van der Waals surface area contributed by atoms with Crippen molar-refractivity contribution in [2.75, 3.05) is 24.6 Å². The van der Waals surface area contributed by atoms with Gasteiger partial charge in [-0.1, -0.05) is 12.1 Å². The van der Waals surface area contributed by atoms with Crippen molar-refractivity contribution in [2.45, 2.75) is 44.8 Å². The van der Waals surface area contributed by atoms with E-state index in [1.54, 1.807) is 44.0 Å². The topological polar surface area (TPSA) is 99.2 Å². The van der Waals surface area contributed by atoms with Gasteiger partial charge in [-0.3, -0.25) is 10.1 Å². The highest BCUT2D eigenvalue weighted by atomic mass is 16.6. The molecule has 8 heteroatoms. The Hall–Kier alpha value is -2.61. The largest absolute Gasteiger partial charge is 0.479 e. The number of rotatable bonds is 3. The first-order chi connectivity index (χ1) is 12.6. The number of carbonyl (C=O) groups excluding carboxylic acids is 2. The number of aliphatic carboxylic acids is 1. The number of nitrogens with one attached hydrogen (secondary N) is 1. The number of benzene rings is 1. The molecule has 1 aromatic carbocycles. The van der Waals surface area contributed by atoms with Gasteiger partial charge in [0.15, 0.2) is 0 Å². The van der Waals surface area contributed by atoms with E-state index < -0.39 is 29.0 Å². The van der Waals surface area contributed by atoms with Crippen LogP contribution >= 0.6 is 0 Å². The van der Waals surface area contributed by atoms with Crippen molar-refractivity contribution in [1.29, 1.82) is 0 Å². The lowest BCUT2D eigenvalue weighted by molar-refractivity contribution is -0.142. The average Bonchev–Trinajstić information content (AvgIpc) is 3.10. The predicted octanol–water partition coefficient (Wildman–Crippen LogP) is 2.05. The Morgan fingerprint density at radius 3 is 2.41 bits per heavy atom. The van der Waals surface area contributed by atoms with Gasteiger partial charge >= 0.3 is 12.1 Å². The van der Waals surface area contributed by atoms with Crippen LogP contribution in [0.15, 0.2) is 24.3 Å². The fourth-order valence-corrected chi connectivity index (χ4v) is 3.49. The van der Waals surface area contributed by atoms with Gasteiger partial charge in [0.2, 0.25) is 11.3 Å². The molecule has 0 radical (unpaired) electrons. The molecule has 0 aromatic heterocycles.